The summed E-state index contributed by atoms with van der Waals surface area (Å²) in [6, 6.07) is 19.1. The standard InChI is InChI=1S/C28H31N3O4S/c1-31(2)16-14-22(15-17-31)35-28(34)29-25-18-20(8-11-24(25)21-6-4-3-5-7-21)9-12-26(33)30-27-13-10-23(19-32)36-27/h3-8,10-11,13,18-19,22H,9,12,14-17H2,1-2H3,(H-,29,30,32,33,34)/p+1. The van der Waals surface area contributed by atoms with Crippen molar-refractivity contribution in [2.45, 2.75) is 31.8 Å². The highest BCUT2D eigenvalue weighted by Gasteiger charge is 2.28. The van der Waals surface area contributed by atoms with Crippen LogP contribution >= 0.6 is 11.3 Å². The lowest BCUT2D eigenvalue weighted by Gasteiger charge is -2.36. The molecule has 1 aromatic heterocycles. The summed E-state index contributed by atoms with van der Waals surface area (Å²) in [7, 11) is 4.38. The van der Waals surface area contributed by atoms with Gasteiger partial charge in [0.2, 0.25) is 5.91 Å². The minimum absolute atomic E-state index is 0.0832. The summed E-state index contributed by atoms with van der Waals surface area (Å²) in [5.41, 5.74) is 3.46. The first-order chi connectivity index (χ1) is 17.3. The van der Waals surface area contributed by atoms with Crippen molar-refractivity contribution >= 4 is 40.3 Å². The molecule has 7 nitrogen and oxygen atoms in total. The number of carbonyl (C=O) groups is 3. The van der Waals surface area contributed by atoms with Gasteiger partial charge in [-0.2, -0.15) is 0 Å². The van der Waals surface area contributed by atoms with E-state index in [2.05, 4.69) is 24.7 Å². The number of carbonyl (C=O) groups excluding carboxylic acids is 3. The van der Waals surface area contributed by atoms with Crippen LogP contribution in [-0.2, 0) is 16.0 Å². The number of anilines is 2. The minimum atomic E-state index is -0.456. The van der Waals surface area contributed by atoms with Gasteiger partial charge in [-0.15, -0.1) is 11.3 Å². The van der Waals surface area contributed by atoms with Crippen molar-refractivity contribution in [1.29, 1.82) is 0 Å². The number of aldehydes is 1. The predicted molar refractivity (Wildman–Crippen MR) is 144 cm³/mol. The molecule has 2 N–H and O–H groups in total. The first-order valence-corrected chi connectivity index (χ1v) is 13.0. The lowest BCUT2D eigenvalue weighted by atomic mass is 9.99. The molecule has 2 heterocycles. The van der Waals surface area contributed by atoms with Gasteiger partial charge >= 0.3 is 6.09 Å². The maximum absolute atomic E-state index is 12.8. The quantitative estimate of drug-likeness (QED) is 0.308. The molecule has 0 saturated carbocycles. The van der Waals surface area contributed by atoms with Gasteiger partial charge in [-0.1, -0.05) is 42.5 Å². The van der Waals surface area contributed by atoms with Crippen molar-refractivity contribution in [2.75, 3.05) is 37.8 Å². The summed E-state index contributed by atoms with van der Waals surface area (Å²) in [4.78, 5) is 36.6. The van der Waals surface area contributed by atoms with Crippen LogP contribution < -0.4 is 10.6 Å². The van der Waals surface area contributed by atoms with Crippen molar-refractivity contribution in [3.05, 3.63) is 71.1 Å². The van der Waals surface area contributed by atoms with Crippen LogP contribution in [0.1, 0.15) is 34.5 Å². The molecule has 1 fully saturated rings. The first kappa shape index (κ1) is 25.6. The van der Waals surface area contributed by atoms with Gasteiger partial charge in [0.05, 0.1) is 42.8 Å². The zero-order chi connectivity index (χ0) is 25.5. The van der Waals surface area contributed by atoms with Crippen LogP contribution in [0.15, 0.2) is 60.7 Å². The number of benzene rings is 2. The Bertz CT molecular complexity index is 1210. The van der Waals surface area contributed by atoms with Gasteiger partial charge in [0.25, 0.3) is 0 Å². The van der Waals surface area contributed by atoms with Crippen molar-refractivity contribution < 1.29 is 23.6 Å². The Morgan fingerprint density at radius 3 is 2.47 bits per heavy atom. The molecule has 0 spiro atoms. The Labute approximate surface area is 215 Å². The zero-order valence-corrected chi connectivity index (χ0v) is 21.5. The number of amides is 2. The van der Waals surface area contributed by atoms with E-state index in [9.17, 15) is 14.4 Å². The molecule has 3 aromatic rings. The second-order valence-corrected chi connectivity index (χ2v) is 10.8. The average molecular weight is 507 g/mol. The van der Waals surface area contributed by atoms with Crippen LogP contribution in [0.4, 0.5) is 15.5 Å². The molecule has 8 heteroatoms. The lowest BCUT2D eigenvalue weighted by Crippen LogP contribution is -2.48. The SMILES string of the molecule is C[N+]1(C)CCC(OC(=O)Nc2cc(CCC(=O)Nc3ccc(C=O)s3)ccc2-c2ccccc2)CC1. The number of likely N-dealkylation sites (tertiary alicyclic amines) is 1. The highest BCUT2D eigenvalue weighted by Crippen LogP contribution is 2.30. The Balaban J connectivity index is 1.43. The number of rotatable bonds is 8. The highest BCUT2D eigenvalue weighted by molar-refractivity contribution is 7.17. The number of hydrogen-bond donors (Lipinski definition) is 2. The molecular weight excluding hydrogens is 474 g/mol. The zero-order valence-electron chi connectivity index (χ0n) is 20.7. The molecule has 2 aromatic carbocycles. The van der Waals surface area contributed by atoms with Gasteiger partial charge in [-0.3, -0.25) is 14.9 Å². The van der Waals surface area contributed by atoms with E-state index in [1.807, 2.05) is 48.5 Å². The summed E-state index contributed by atoms with van der Waals surface area (Å²) in [5.74, 6) is -0.131. The summed E-state index contributed by atoms with van der Waals surface area (Å²) in [6.07, 6.45) is 2.70. The normalized spacial score (nSPS) is 15.2. The van der Waals surface area contributed by atoms with E-state index < -0.39 is 6.09 Å². The number of hydrogen-bond acceptors (Lipinski definition) is 5. The molecule has 2 amide bonds. The van der Waals surface area contributed by atoms with Crippen LogP contribution in [0.3, 0.4) is 0 Å². The third kappa shape index (κ3) is 7.02. The number of aryl methyl sites for hydroxylation is 1. The van der Waals surface area contributed by atoms with E-state index in [0.29, 0.717) is 22.0 Å². The van der Waals surface area contributed by atoms with Gasteiger partial charge < -0.3 is 14.5 Å². The summed E-state index contributed by atoms with van der Waals surface area (Å²) >= 11 is 1.24. The van der Waals surface area contributed by atoms with Crippen molar-refractivity contribution in [3.8, 4) is 11.1 Å². The van der Waals surface area contributed by atoms with Crippen LogP contribution in [0.25, 0.3) is 11.1 Å². The smallest absolute Gasteiger partial charge is 0.411 e. The Morgan fingerprint density at radius 2 is 1.78 bits per heavy atom. The monoisotopic (exact) mass is 506 g/mol. The van der Waals surface area contributed by atoms with Gasteiger partial charge in [0.15, 0.2) is 6.29 Å². The van der Waals surface area contributed by atoms with E-state index in [-0.39, 0.29) is 18.4 Å². The minimum Gasteiger partial charge on any atom is -0.446 e. The van der Waals surface area contributed by atoms with Crippen molar-refractivity contribution in [1.82, 2.24) is 0 Å². The van der Waals surface area contributed by atoms with E-state index in [0.717, 1.165) is 53.4 Å². The van der Waals surface area contributed by atoms with E-state index >= 15 is 0 Å². The average Bonchev–Trinajstić information content (AvgIpc) is 3.32. The molecule has 0 aliphatic carbocycles. The van der Waals surface area contributed by atoms with E-state index in [1.54, 1.807) is 12.1 Å². The van der Waals surface area contributed by atoms with Gasteiger partial charge in [0.1, 0.15) is 6.10 Å². The highest BCUT2D eigenvalue weighted by atomic mass is 32.1. The summed E-state index contributed by atoms with van der Waals surface area (Å²) in [5, 5.41) is 6.44. The largest absolute Gasteiger partial charge is 0.446 e. The van der Waals surface area contributed by atoms with Gasteiger partial charge in [-0.05, 0) is 35.7 Å². The van der Waals surface area contributed by atoms with Crippen LogP contribution in [0, 0.1) is 0 Å². The van der Waals surface area contributed by atoms with Crippen molar-refractivity contribution in [2.24, 2.45) is 0 Å². The number of piperidine rings is 1. The molecule has 1 saturated heterocycles. The molecule has 0 bridgehead atoms. The van der Waals surface area contributed by atoms with Crippen molar-refractivity contribution in [3.63, 3.8) is 0 Å². The molecule has 1 aliphatic rings. The Kier molecular flexibility index (Phi) is 8.18. The number of nitrogens with zero attached hydrogens (tertiary/aromatic N) is 1. The molecule has 188 valence electrons. The number of nitrogens with one attached hydrogen (secondary N) is 2. The fraction of sp³-hybridized carbons (Fsp3) is 0.321. The van der Waals surface area contributed by atoms with E-state index in [1.165, 1.54) is 11.3 Å². The molecular formula is C28H32N3O4S+. The Hall–Kier alpha value is -3.49. The number of thiophene rings is 1. The molecule has 4 rings (SSSR count). The maximum atomic E-state index is 12.8. The number of quaternary nitrogens is 1. The van der Waals surface area contributed by atoms with Crippen LogP contribution in [-0.4, -0.2) is 56.1 Å². The lowest BCUT2D eigenvalue weighted by molar-refractivity contribution is -0.896. The molecule has 36 heavy (non-hydrogen) atoms. The second kappa shape index (κ2) is 11.5. The predicted octanol–water partition coefficient (Wildman–Crippen LogP) is 5.59. The summed E-state index contributed by atoms with van der Waals surface area (Å²) in [6.45, 7) is 1.96. The third-order valence-corrected chi connectivity index (χ3v) is 7.36. The fourth-order valence-electron chi connectivity index (χ4n) is 4.31. The Morgan fingerprint density at radius 1 is 1.03 bits per heavy atom. The molecule has 1 aliphatic heterocycles. The van der Waals surface area contributed by atoms with E-state index in [4.69, 9.17) is 4.74 Å². The fourth-order valence-corrected chi connectivity index (χ4v) is 5.05. The number of ether oxygens (including phenoxy) is 1. The topological polar surface area (TPSA) is 84.5 Å². The van der Waals surface area contributed by atoms with Gasteiger partial charge in [-0.25, -0.2) is 4.79 Å². The maximum Gasteiger partial charge on any atom is 0.411 e. The first-order valence-electron chi connectivity index (χ1n) is 12.1. The molecule has 0 unspecified atom stereocenters. The van der Waals surface area contributed by atoms with Gasteiger partial charge in [0, 0.05) is 24.8 Å². The third-order valence-electron chi connectivity index (χ3n) is 6.44. The molecule has 0 radical (unpaired) electrons. The summed E-state index contributed by atoms with van der Waals surface area (Å²) < 4.78 is 6.69. The second-order valence-electron chi connectivity index (χ2n) is 9.73. The molecule has 0 atom stereocenters. The van der Waals surface area contributed by atoms with Crippen LogP contribution in [0.2, 0.25) is 0 Å². The van der Waals surface area contributed by atoms with Crippen LogP contribution in [0.5, 0.6) is 0 Å².